The molecule has 9 heteroatoms. The Morgan fingerprint density at radius 2 is 1.71 bits per heavy atom. The Kier molecular flexibility index (Phi) is 7.23. The van der Waals surface area contributed by atoms with Gasteiger partial charge in [0.25, 0.3) is 11.6 Å². The second-order valence-corrected chi connectivity index (χ2v) is 7.32. The molecule has 158 valence electrons. The first-order chi connectivity index (χ1) is 15.0. The molecule has 0 aliphatic carbocycles. The standard InChI is InChI=1S/C22H19N3O5S/c1-29-17-11-16(12-18(13-17)30-2)22(26)24-23-14-15-8-9-21(20(10-15)25(27)28)31-19-6-4-3-5-7-19/h3-14H,1-2H3,(H,24,26). The van der Waals surface area contributed by atoms with Crippen molar-refractivity contribution in [2.45, 2.75) is 9.79 Å². The zero-order chi connectivity index (χ0) is 22.2. The molecule has 0 aliphatic rings. The van der Waals surface area contributed by atoms with Crippen LogP contribution < -0.4 is 14.9 Å². The van der Waals surface area contributed by atoms with E-state index in [9.17, 15) is 14.9 Å². The van der Waals surface area contributed by atoms with Crippen LogP contribution in [0, 0.1) is 10.1 Å². The second kappa shape index (κ2) is 10.3. The van der Waals surface area contributed by atoms with Crippen LogP contribution in [0.3, 0.4) is 0 Å². The Morgan fingerprint density at radius 3 is 2.32 bits per heavy atom. The Hall–Kier alpha value is -3.85. The van der Waals surface area contributed by atoms with Gasteiger partial charge < -0.3 is 9.47 Å². The molecule has 3 rings (SSSR count). The summed E-state index contributed by atoms with van der Waals surface area (Å²) in [6, 6.07) is 18.9. The van der Waals surface area contributed by atoms with Gasteiger partial charge in [0.05, 0.1) is 30.3 Å². The number of carbonyl (C=O) groups excluding carboxylic acids is 1. The molecule has 0 aromatic heterocycles. The number of nitro benzene ring substituents is 1. The first-order valence-electron chi connectivity index (χ1n) is 9.08. The molecule has 0 atom stereocenters. The highest BCUT2D eigenvalue weighted by atomic mass is 32.2. The number of carbonyl (C=O) groups is 1. The van der Waals surface area contributed by atoms with Gasteiger partial charge in [0, 0.05) is 28.2 Å². The maximum Gasteiger partial charge on any atom is 0.283 e. The van der Waals surface area contributed by atoms with Crippen molar-refractivity contribution in [3.8, 4) is 11.5 Å². The third kappa shape index (κ3) is 5.83. The van der Waals surface area contributed by atoms with E-state index in [-0.39, 0.29) is 5.69 Å². The summed E-state index contributed by atoms with van der Waals surface area (Å²) in [6.45, 7) is 0. The molecule has 3 aromatic carbocycles. The zero-order valence-corrected chi connectivity index (χ0v) is 17.6. The quantitative estimate of drug-likeness (QED) is 0.316. The fourth-order valence-corrected chi connectivity index (χ4v) is 3.55. The van der Waals surface area contributed by atoms with Gasteiger partial charge in [-0.2, -0.15) is 5.10 Å². The number of methoxy groups -OCH3 is 2. The average Bonchev–Trinajstić information content (AvgIpc) is 2.80. The van der Waals surface area contributed by atoms with Crippen molar-refractivity contribution < 1.29 is 19.2 Å². The first-order valence-corrected chi connectivity index (χ1v) is 9.89. The molecule has 1 N–H and O–H groups in total. The number of hydrazone groups is 1. The van der Waals surface area contributed by atoms with Crippen molar-refractivity contribution in [1.82, 2.24) is 5.43 Å². The number of rotatable bonds is 8. The van der Waals surface area contributed by atoms with Gasteiger partial charge in [-0.15, -0.1) is 0 Å². The van der Waals surface area contributed by atoms with Crippen LogP contribution >= 0.6 is 11.8 Å². The van der Waals surface area contributed by atoms with Crippen LogP contribution in [0.5, 0.6) is 11.5 Å². The number of nitro groups is 1. The van der Waals surface area contributed by atoms with E-state index in [4.69, 9.17) is 9.47 Å². The van der Waals surface area contributed by atoms with E-state index >= 15 is 0 Å². The lowest BCUT2D eigenvalue weighted by Gasteiger charge is -2.07. The van der Waals surface area contributed by atoms with E-state index in [1.807, 2.05) is 30.3 Å². The molecule has 0 radical (unpaired) electrons. The minimum Gasteiger partial charge on any atom is -0.497 e. The van der Waals surface area contributed by atoms with Crippen molar-refractivity contribution in [1.29, 1.82) is 0 Å². The van der Waals surface area contributed by atoms with Crippen molar-refractivity contribution in [2.75, 3.05) is 14.2 Å². The van der Waals surface area contributed by atoms with Crippen LogP contribution in [0.4, 0.5) is 5.69 Å². The molecular weight excluding hydrogens is 418 g/mol. The highest BCUT2D eigenvalue weighted by molar-refractivity contribution is 7.99. The van der Waals surface area contributed by atoms with E-state index < -0.39 is 10.8 Å². The Bertz CT molecular complexity index is 1100. The van der Waals surface area contributed by atoms with E-state index in [1.54, 1.807) is 30.3 Å². The summed E-state index contributed by atoms with van der Waals surface area (Å²) in [5, 5.41) is 15.4. The summed E-state index contributed by atoms with van der Waals surface area (Å²) in [5.74, 6) is 0.463. The maximum absolute atomic E-state index is 12.4. The predicted molar refractivity (Wildman–Crippen MR) is 118 cm³/mol. The normalized spacial score (nSPS) is 10.6. The average molecular weight is 437 g/mol. The molecular formula is C22H19N3O5S. The van der Waals surface area contributed by atoms with Gasteiger partial charge in [-0.05, 0) is 30.3 Å². The predicted octanol–water partition coefficient (Wildman–Crippen LogP) is 4.53. The van der Waals surface area contributed by atoms with Gasteiger partial charge in [0.15, 0.2) is 0 Å². The monoisotopic (exact) mass is 437 g/mol. The number of hydrogen-bond donors (Lipinski definition) is 1. The molecule has 3 aromatic rings. The summed E-state index contributed by atoms with van der Waals surface area (Å²) in [6.07, 6.45) is 1.35. The molecule has 31 heavy (non-hydrogen) atoms. The number of amides is 1. The van der Waals surface area contributed by atoms with Gasteiger partial charge in [-0.25, -0.2) is 5.43 Å². The van der Waals surface area contributed by atoms with Gasteiger partial charge in [-0.3, -0.25) is 14.9 Å². The molecule has 1 amide bonds. The number of hydrogen-bond acceptors (Lipinski definition) is 7. The summed E-state index contributed by atoms with van der Waals surface area (Å²) in [4.78, 5) is 24.8. The largest absolute Gasteiger partial charge is 0.497 e. The minimum absolute atomic E-state index is 0.0401. The Morgan fingerprint density at radius 1 is 1.03 bits per heavy atom. The molecule has 8 nitrogen and oxygen atoms in total. The van der Waals surface area contributed by atoms with Crippen LogP contribution in [-0.2, 0) is 0 Å². The van der Waals surface area contributed by atoms with Crippen LogP contribution in [0.25, 0.3) is 0 Å². The molecule has 0 unspecified atom stereocenters. The SMILES string of the molecule is COc1cc(OC)cc(C(=O)NN=Cc2ccc(Sc3ccccc3)c([N+](=O)[O-])c2)c1. The van der Waals surface area contributed by atoms with Crippen molar-refractivity contribution >= 4 is 29.6 Å². The first kappa shape index (κ1) is 21.8. The Balaban J connectivity index is 1.74. The number of nitrogens with one attached hydrogen (secondary N) is 1. The number of benzene rings is 3. The van der Waals surface area contributed by atoms with Gasteiger partial charge in [0.1, 0.15) is 11.5 Å². The van der Waals surface area contributed by atoms with E-state index in [0.29, 0.717) is 27.5 Å². The summed E-state index contributed by atoms with van der Waals surface area (Å²) in [5.41, 5.74) is 3.14. The molecule has 0 saturated carbocycles. The lowest BCUT2D eigenvalue weighted by molar-refractivity contribution is -0.387. The second-order valence-electron chi connectivity index (χ2n) is 6.20. The molecule has 0 saturated heterocycles. The van der Waals surface area contributed by atoms with Crippen LogP contribution in [0.1, 0.15) is 15.9 Å². The minimum atomic E-state index is -0.473. The number of nitrogens with zero attached hydrogens (tertiary/aromatic N) is 2. The van der Waals surface area contributed by atoms with Gasteiger partial charge >= 0.3 is 0 Å². The molecule has 0 aliphatic heterocycles. The summed E-state index contributed by atoms with van der Waals surface area (Å²) >= 11 is 1.30. The third-order valence-corrected chi connectivity index (χ3v) is 5.22. The van der Waals surface area contributed by atoms with Gasteiger partial charge in [-0.1, -0.05) is 36.0 Å². The fraction of sp³-hybridized carbons (Fsp3) is 0.0909. The highest BCUT2D eigenvalue weighted by Gasteiger charge is 2.15. The van der Waals surface area contributed by atoms with Crippen LogP contribution in [0.2, 0.25) is 0 Å². The molecule has 0 bridgehead atoms. The highest BCUT2D eigenvalue weighted by Crippen LogP contribution is 2.35. The van der Waals surface area contributed by atoms with Crippen LogP contribution in [-0.4, -0.2) is 31.3 Å². The number of ether oxygens (including phenoxy) is 2. The van der Waals surface area contributed by atoms with E-state index in [1.165, 1.54) is 38.3 Å². The Labute approximate surface area is 183 Å². The fourth-order valence-electron chi connectivity index (χ4n) is 2.63. The lowest BCUT2D eigenvalue weighted by atomic mass is 10.2. The van der Waals surface area contributed by atoms with E-state index in [2.05, 4.69) is 10.5 Å². The molecule has 0 heterocycles. The van der Waals surface area contributed by atoms with E-state index in [0.717, 1.165) is 4.90 Å². The van der Waals surface area contributed by atoms with Crippen molar-refractivity contribution in [3.05, 3.63) is 88.0 Å². The maximum atomic E-state index is 12.4. The van der Waals surface area contributed by atoms with Gasteiger partial charge in [0.2, 0.25) is 0 Å². The zero-order valence-electron chi connectivity index (χ0n) is 16.8. The summed E-state index contributed by atoms with van der Waals surface area (Å²) in [7, 11) is 2.97. The van der Waals surface area contributed by atoms with Crippen molar-refractivity contribution in [2.24, 2.45) is 5.10 Å². The summed E-state index contributed by atoms with van der Waals surface area (Å²) < 4.78 is 10.3. The lowest BCUT2D eigenvalue weighted by Crippen LogP contribution is -2.17. The topological polar surface area (TPSA) is 103 Å². The molecule has 0 fully saturated rings. The van der Waals surface area contributed by atoms with Crippen molar-refractivity contribution in [3.63, 3.8) is 0 Å². The smallest absolute Gasteiger partial charge is 0.283 e. The third-order valence-electron chi connectivity index (χ3n) is 4.14. The van der Waals surface area contributed by atoms with Crippen LogP contribution in [0.15, 0.2) is 81.6 Å². The molecule has 0 spiro atoms.